The van der Waals surface area contributed by atoms with E-state index >= 15 is 0 Å². The molecule has 1 amide bonds. The van der Waals surface area contributed by atoms with E-state index in [9.17, 15) is 9.90 Å². The molecule has 3 atom stereocenters. The third-order valence-corrected chi connectivity index (χ3v) is 5.76. The fourth-order valence-electron chi connectivity index (χ4n) is 4.51. The summed E-state index contributed by atoms with van der Waals surface area (Å²) in [5, 5.41) is 18.5. The average Bonchev–Trinajstić information content (AvgIpc) is 3.30. The highest BCUT2D eigenvalue weighted by Crippen LogP contribution is 2.36. The van der Waals surface area contributed by atoms with Crippen molar-refractivity contribution in [2.75, 3.05) is 0 Å². The van der Waals surface area contributed by atoms with E-state index in [2.05, 4.69) is 10.2 Å². The number of aliphatic hydroxyl groups is 1. The highest BCUT2D eigenvalue weighted by Gasteiger charge is 2.43. The van der Waals surface area contributed by atoms with Crippen LogP contribution in [0.1, 0.15) is 36.0 Å². The van der Waals surface area contributed by atoms with E-state index < -0.39 is 0 Å². The zero-order valence-electron chi connectivity index (χ0n) is 14.6. The lowest BCUT2D eigenvalue weighted by Crippen LogP contribution is -2.48. The Morgan fingerprint density at radius 2 is 1.92 bits per heavy atom. The number of fused-ring (bicyclic) bond motifs is 3. The van der Waals surface area contributed by atoms with Crippen LogP contribution in [0.5, 0.6) is 0 Å². The first-order chi connectivity index (χ1) is 12.6. The minimum absolute atomic E-state index is 0.0397. The Bertz CT molecular complexity index is 977. The van der Waals surface area contributed by atoms with Gasteiger partial charge in [-0.05, 0) is 49.9 Å². The molecular formula is C19H21N5O2. The number of piperidine rings is 1. The van der Waals surface area contributed by atoms with Crippen LogP contribution in [0.3, 0.4) is 0 Å². The summed E-state index contributed by atoms with van der Waals surface area (Å²) in [6, 6.07) is 7.92. The zero-order valence-corrected chi connectivity index (χ0v) is 14.6. The summed E-state index contributed by atoms with van der Waals surface area (Å²) in [5.74, 6) is 0.761. The molecular weight excluding hydrogens is 330 g/mol. The first kappa shape index (κ1) is 15.6. The lowest BCUT2D eigenvalue weighted by molar-refractivity contribution is 0.0286. The summed E-state index contributed by atoms with van der Waals surface area (Å²) in [7, 11) is 1.96. The SMILES string of the molecule is Cn1cccc1-c1nnc2ccc(C(=O)N3[C@@H]4CC[C@H]3CC(O)C4)cn12. The molecule has 7 heteroatoms. The van der Waals surface area contributed by atoms with Gasteiger partial charge in [-0.3, -0.25) is 9.20 Å². The van der Waals surface area contributed by atoms with E-state index in [0.717, 1.165) is 30.0 Å². The second-order valence-electron chi connectivity index (χ2n) is 7.40. The van der Waals surface area contributed by atoms with E-state index in [1.165, 1.54) is 0 Å². The molecule has 2 bridgehead atoms. The van der Waals surface area contributed by atoms with Crippen LogP contribution in [0.2, 0.25) is 0 Å². The molecule has 2 aliphatic heterocycles. The van der Waals surface area contributed by atoms with Gasteiger partial charge in [0, 0.05) is 31.5 Å². The van der Waals surface area contributed by atoms with Gasteiger partial charge in [0.15, 0.2) is 11.5 Å². The maximum Gasteiger partial charge on any atom is 0.255 e. The van der Waals surface area contributed by atoms with Crippen LogP contribution in [-0.2, 0) is 7.05 Å². The molecule has 0 aromatic carbocycles. The minimum atomic E-state index is -0.277. The third-order valence-electron chi connectivity index (χ3n) is 5.76. The van der Waals surface area contributed by atoms with Crippen molar-refractivity contribution in [3.63, 3.8) is 0 Å². The van der Waals surface area contributed by atoms with Gasteiger partial charge in [-0.25, -0.2) is 0 Å². The van der Waals surface area contributed by atoms with E-state index in [1.54, 1.807) is 0 Å². The molecule has 0 radical (unpaired) electrons. The average molecular weight is 351 g/mol. The summed E-state index contributed by atoms with van der Waals surface area (Å²) in [5.41, 5.74) is 2.30. The number of nitrogens with zero attached hydrogens (tertiary/aromatic N) is 5. The highest BCUT2D eigenvalue weighted by atomic mass is 16.3. The molecule has 26 heavy (non-hydrogen) atoms. The second-order valence-corrected chi connectivity index (χ2v) is 7.40. The van der Waals surface area contributed by atoms with Crippen LogP contribution in [0, 0.1) is 0 Å². The van der Waals surface area contributed by atoms with Gasteiger partial charge >= 0.3 is 0 Å². The van der Waals surface area contributed by atoms with Gasteiger partial charge in [0.25, 0.3) is 5.91 Å². The van der Waals surface area contributed by atoms with Crippen LogP contribution >= 0.6 is 0 Å². The normalized spacial score (nSPS) is 25.2. The molecule has 7 nitrogen and oxygen atoms in total. The monoisotopic (exact) mass is 351 g/mol. The molecule has 5 heterocycles. The Morgan fingerprint density at radius 1 is 1.15 bits per heavy atom. The van der Waals surface area contributed by atoms with Gasteiger partial charge in [-0.15, -0.1) is 10.2 Å². The van der Waals surface area contributed by atoms with Crippen molar-refractivity contribution in [3.05, 3.63) is 42.2 Å². The van der Waals surface area contributed by atoms with Crippen LogP contribution in [-0.4, -0.2) is 53.3 Å². The summed E-state index contributed by atoms with van der Waals surface area (Å²) >= 11 is 0. The van der Waals surface area contributed by atoms with E-state index in [4.69, 9.17) is 0 Å². The first-order valence-corrected chi connectivity index (χ1v) is 9.09. The van der Waals surface area contributed by atoms with Gasteiger partial charge in [0.1, 0.15) is 0 Å². The number of amides is 1. The minimum Gasteiger partial charge on any atom is -0.393 e. The Morgan fingerprint density at radius 3 is 2.62 bits per heavy atom. The van der Waals surface area contributed by atoms with Gasteiger partial charge in [-0.2, -0.15) is 0 Å². The van der Waals surface area contributed by atoms with E-state index in [1.807, 2.05) is 57.6 Å². The number of carbonyl (C=O) groups is 1. The lowest BCUT2D eigenvalue weighted by Gasteiger charge is -2.37. The molecule has 5 rings (SSSR count). The van der Waals surface area contributed by atoms with Gasteiger partial charge in [0.2, 0.25) is 0 Å². The summed E-state index contributed by atoms with van der Waals surface area (Å²) in [6.07, 6.45) is 6.86. The third kappa shape index (κ3) is 2.27. The van der Waals surface area contributed by atoms with Crippen LogP contribution in [0.25, 0.3) is 17.2 Å². The van der Waals surface area contributed by atoms with Crippen molar-refractivity contribution in [1.82, 2.24) is 24.1 Å². The molecule has 3 aromatic rings. The Labute approximate surface area is 150 Å². The Kier molecular flexibility index (Phi) is 3.40. The number of aromatic nitrogens is 4. The summed E-state index contributed by atoms with van der Waals surface area (Å²) < 4.78 is 3.86. The molecule has 1 N–H and O–H groups in total. The maximum atomic E-state index is 13.2. The molecule has 0 saturated carbocycles. The largest absolute Gasteiger partial charge is 0.393 e. The molecule has 134 valence electrons. The van der Waals surface area contributed by atoms with Gasteiger partial charge < -0.3 is 14.6 Å². The standard InChI is InChI=1S/C19H21N5O2/c1-22-8-2-3-16(22)18-21-20-17-7-4-12(11-23(17)18)19(26)24-13-5-6-14(24)10-15(25)9-13/h2-4,7-8,11,13-15,25H,5-6,9-10H2,1H3/t13-,14+,15?. The van der Waals surface area contributed by atoms with E-state index in [0.29, 0.717) is 18.4 Å². The van der Waals surface area contributed by atoms with Crippen molar-refractivity contribution >= 4 is 11.6 Å². The Balaban J connectivity index is 1.54. The molecule has 2 saturated heterocycles. The van der Waals surface area contributed by atoms with Gasteiger partial charge in [0.05, 0.1) is 17.4 Å². The van der Waals surface area contributed by atoms with Crippen molar-refractivity contribution in [2.24, 2.45) is 7.05 Å². The van der Waals surface area contributed by atoms with Crippen LogP contribution in [0.15, 0.2) is 36.7 Å². The Hall–Kier alpha value is -2.67. The molecule has 0 aliphatic carbocycles. The van der Waals surface area contributed by atoms with Crippen molar-refractivity contribution in [3.8, 4) is 11.5 Å². The predicted octanol–water partition coefficient (Wildman–Crippen LogP) is 1.86. The number of rotatable bonds is 2. The molecule has 1 unspecified atom stereocenters. The molecule has 2 aliphatic rings. The lowest BCUT2D eigenvalue weighted by atomic mass is 9.99. The second kappa shape index (κ2) is 5.67. The zero-order chi connectivity index (χ0) is 17.8. The van der Waals surface area contributed by atoms with Crippen LogP contribution < -0.4 is 0 Å². The fraction of sp³-hybridized carbons (Fsp3) is 0.421. The number of carbonyl (C=O) groups excluding carboxylic acids is 1. The number of aryl methyl sites for hydroxylation is 1. The summed E-state index contributed by atoms with van der Waals surface area (Å²) in [6.45, 7) is 0. The van der Waals surface area contributed by atoms with Crippen molar-refractivity contribution in [1.29, 1.82) is 0 Å². The highest BCUT2D eigenvalue weighted by molar-refractivity contribution is 5.95. The predicted molar refractivity (Wildman–Crippen MR) is 95.6 cm³/mol. The first-order valence-electron chi connectivity index (χ1n) is 9.09. The molecule has 0 spiro atoms. The summed E-state index contributed by atoms with van der Waals surface area (Å²) in [4.78, 5) is 15.2. The number of pyridine rings is 1. The van der Waals surface area contributed by atoms with E-state index in [-0.39, 0.29) is 24.1 Å². The number of hydrogen-bond donors (Lipinski definition) is 1. The topological polar surface area (TPSA) is 75.7 Å². The number of aliphatic hydroxyl groups excluding tert-OH is 1. The van der Waals surface area contributed by atoms with Crippen LogP contribution in [0.4, 0.5) is 0 Å². The molecule has 3 aromatic heterocycles. The smallest absolute Gasteiger partial charge is 0.255 e. The maximum absolute atomic E-state index is 13.2. The van der Waals surface area contributed by atoms with Crippen molar-refractivity contribution < 1.29 is 9.90 Å². The fourth-order valence-corrected chi connectivity index (χ4v) is 4.51. The number of hydrogen-bond acceptors (Lipinski definition) is 4. The van der Waals surface area contributed by atoms with Gasteiger partial charge in [-0.1, -0.05) is 0 Å². The van der Waals surface area contributed by atoms with Crippen molar-refractivity contribution in [2.45, 2.75) is 43.9 Å². The quantitative estimate of drug-likeness (QED) is 0.765. The molecule has 2 fully saturated rings.